The molecule has 0 unspecified atom stereocenters. The van der Waals surface area contributed by atoms with Crippen LogP contribution in [0.2, 0.25) is 0 Å². The van der Waals surface area contributed by atoms with Crippen molar-refractivity contribution in [3.8, 4) is 5.75 Å². The Morgan fingerprint density at radius 2 is 1.83 bits per heavy atom. The Balaban J connectivity index is 1.89. The summed E-state index contributed by atoms with van der Waals surface area (Å²) in [6, 6.07) is 5.02. The van der Waals surface area contributed by atoms with Crippen LogP contribution < -0.4 is 10.1 Å². The zero-order valence-corrected chi connectivity index (χ0v) is 22.6. The van der Waals surface area contributed by atoms with Crippen LogP contribution in [0.5, 0.6) is 5.75 Å². The summed E-state index contributed by atoms with van der Waals surface area (Å²) >= 11 is 0. The first-order valence-corrected chi connectivity index (χ1v) is 13.0. The Labute approximate surface area is 236 Å². The molecule has 1 aromatic rings. The van der Waals surface area contributed by atoms with Crippen molar-refractivity contribution in [1.82, 2.24) is 10.2 Å². The first-order chi connectivity index (χ1) is 19.5. The van der Waals surface area contributed by atoms with Gasteiger partial charge in [0.2, 0.25) is 18.1 Å². The number of rotatable bonds is 16. The Bertz CT molecular complexity index is 1090. The number of amides is 3. The number of aliphatic hydroxyl groups excluding tert-OH is 3. The number of imide groups is 1. The first-order valence-electron chi connectivity index (χ1n) is 13.0. The third-order valence-electron chi connectivity index (χ3n) is 6.34. The molecule has 1 fully saturated rings. The summed E-state index contributed by atoms with van der Waals surface area (Å²) in [5, 5.41) is 42.2. The molecule has 14 heteroatoms. The van der Waals surface area contributed by atoms with Gasteiger partial charge in [0.1, 0.15) is 30.7 Å². The number of carbonyl (C=O) groups is 5. The van der Waals surface area contributed by atoms with Gasteiger partial charge in [0, 0.05) is 32.0 Å². The van der Waals surface area contributed by atoms with Crippen molar-refractivity contribution in [2.24, 2.45) is 0 Å². The molecule has 1 aliphatic heterocycles. The molecule has 5 atom stereocenters. The number of hydrogen-bond donors (Lipinski definition) is 5. The van der Waals surface area contributed by atoms with Gasteiger partial charge in [-0.25, -0.2) is 4.79 Å². The maximum Gasteiger partial charge on any atom is 0.335 e. The van der Waals surface area contributed by atoms with E-state index in [-0.39, 0.29) is 37.7 Å². The number of hydrogen-bond acceptors (Lipinski definition) is 11. The molecule has 0 saturated carbocycles. The lowest BCUT2D eigenvalue weighted by Crippen LogP contribution is -2.61. The van der Waals surface area contributed by atoms with E-state index < -0.39 is 48.5 Å². The molecule has 0 radical (unpaired) electrons. The second-order valence-electron chi connectivity index (χ2n) is 9.33. The molecule has 1 saturated heterocycles. The molecule has 0 aromatic heterocycles. The molecular formula is C27H36N2O12. The standard InChI is InChI=1S/C27H36N2O12/c1-3-21(33)29(16(2)31)12-10-20(32)28-11-6-4-5-7-17-8-9-18(14-39-15-30)19(13-17)40-27-24(36)22(34)23(35)25(41-27)26(37)38/h3,8-9,13,15,22-25,27,34-36H,1,4-7,10-12,14H2,2H3,(H,28,32)(H,37,38)/t22-,23-,24+,25-,27+/m0/s1. The number of aliphatic hydroxyl groups is 3. The SMILES string of the molecule is C=CC(=O)N(CCC(=O)NCCCCCc1ccc(COC=O)c(O[C@@H]2O[C@H](C(=O)O)[C@@H](O)[C@H](O)[C@H]2O)c1)C(C)=O. The van der Waals surface area contributed by atoms with Gasteiger partial charge in [0.05, 0.1) is 0 Å². The zero-order valence-electron chi connectivity index (χ0n) is 22.6. The molecule has 0 aliphatic carbocycles. The highest BCUT2D eigenvalue weighted by Crippen LogP contribution is 2.28. The number of unbranched alkanes of at least 4 members (excludes halogenated alkanes) is 2. The number of carboxylic acids is 1. The molecule has 226 valence electrons. The molecule has 1 heterocycles. The van der Waals surface area contributed by atoms with E-state index >= 15 is 0 Å². The lowest BCUT2D eigenvalue weighted by atomic mass is 9.99. The van der Waals surface area contributed by atoms with Gasteiger partial charge < -0.3 is 40.0 Å². The molecule has 2 rings (SSSR count). The predicted molar refractivity (Wildman–Crippen MR) is 140 cm³/mol. The molecule has 41 heavy (non-hydrogen) atoms. The van der Waals surface area contributed by atoms with Crippen LogP contribution in [-0.4, -0.2) is 99.3 Å². The minimum absolute atomic E-state index is 0.0231. The summed E-state index contributed by atoms with van der Waals surface area (Å²) in [5.41, 5.74) is 1.20. The summed E-state index contributed by atoms with van der Waals surface area (Å²) in [6.45, 7) is 4.99. The number of aryl methyl sites for hydroxylation is 1. The highest BCUT2D eigenvalue weighted by atomic mass is 16.7. The van der Waals surface area contributed by atoms with Crippen molar-refractivity contribution < 1.29 is 58.6 Å². The Hall–Kier alpha value is -3.85. The van der Waals surface area contributed by atoms with Gasteiger partial charge in [-0.3, -0.25) is 24.1 Å². The highest BCUT2D eigenvalue weighted by molar-refractivity contribution is 6.00. The average Bonchev–Trinajstić information content (AvgIpc) is 2.94. The second kappa shape index (κ2) is 16.4. The monoisotopic (exact) mass is 580 g/mol. The summed E-state index contributed by atoms with van der Waals surface area (Å²) in [5.74, 6) is -2.75. The largest absolute Gasteiger partial charge is 0.479 e. The van der Waals surface area contributed by atoms with Crippen molar-refractivity contribution >= 4 is 30.2 Å². The highest BCUT2D eigenvalue weighted by Gasteiger charge is 2.48. The molecule has 0 bridgehead atoms. The van der Waals surface area contributed by atoms with E-state index in [1.54, 1.807) is 18.2 Å². The van der Waals surface area contributed by atoms with Gasteiger partial charge in [0.25, 0.3) is 12.4 Å². The predicted octanol–water partition coefficient (Wildman–Crippen LogP) is -0.589. The van der Waals surface area contributed by atoms with Gasteiger partial charge in [-0.05, 0) is 37.0 Å². The fraction of sp³-hybridized carbons (Fsp3) is 0.519. The quantitative estimate of drug-likeness (QED) is 0.0944. The van der Waals surface area contributed by atoms with Crippen molar-refractivity contribution in [1.29, 1.82) is 0 Å². The molecule has 1 aliphatic rings. The number of carboxylic acid groups (broad SMARTS) is 1. The molecule has 1 aromatic carbocycles. The third kappa shape index (κ3) is 9.93. The molecular weight excluding hydrogens is 544 g/mol. The molecule has 0 spiro atoms. The first kappa shape index (κ1) is 33.4. The zero-order chi connectivity index (χ0) is 30.5. The van der Waals surface area contributed by atoms with Gasteiger partial charge in [-0.15, -0.1) is 0 Å². The van der Waals surface area contributed by atoms with Crippen LogP contribution in [0, 0.1) is 0 Å². The number of benzene rings is 1. The van der Waals surface area contributed by atoms with Crippen LogP contribution in [0.25, 0.3) is 0 Å². The third-order valence-corrected chi connectivity index (χ3v) is 6.34. The lowest BCUT2D eigenvalue weighted by Gasteiger charge is -2.38. The molecule has 5 N–H and O–H groups in total. The van der Waals surface area contributed by atoms with Gasteiger partial charge in [0.15, 0.2) is 6.10 Å². The summed E-state index contributed by atoms with van der Waals surface area (Å²) in [4.78, 5) is 58.2. The molecule has 3 amide bonds. The van der Waals surface area contributed by atoms with Crippen LogP contribution in [0.4, 0.5) is 0 Å². The normalized spacial score (nSPS) is 21.8. The van der Waals surface area contributed by atoms with Crippen LogP contribution >= 0.6 is 0 Å². The maximum absolute atomic E-state index is 12.0. The Morgan fingerprint density at radius 1 is 1.10 bits per heavy atom. The summed E-state index contributed by atoms with van der Waals surface area (Å²) in [7, 11) is 0. The van der Waals surface area contributed by atoms with E-state index in [4.69, 9.17) is 14.2 Å². The maximum atomic E-state index is 12.0. The van der Waals surface area contributed by atoms with E-state index in [9.17, 15) is 44.4 Å². The number of nitrogens with zero attached hydrogens (tertiary/aromatic N) is 1. The summed E-state index contributed by atoms with van der Waals surface area (Å²) in [6.07, 6.45) is -5.21. The van der Waals surface area contributed by atoms with Crippen molar-refractivity contribution in [3.05, 3.63) is 42.0 Å². The van der Waals surface area contributed by atoms with Gasteiger partial charge in [-0.2, -0.15) is 0 Å². The van der Waals surface area contributed by atoms with Crippen molar-refractivity contribution in [2.45, 2.75) is 76.3 Å². The van der Waals surface area contributed by atoms with E-state index in [0.717, 1.165) is 29.4 Å². The number of carbonyl (C=O) groups excluding carboxylic acids is 4. The Kier molecular flexibility index (Phi) is 13.4. The van der Waals surface area contributed by atoms with Gasteiger partial charge in [-0.1, -0.05) is 25.1 Å². The fourth-order valence-electron chi connectivity index (χ4n) is 4.08. The fourth-order valence-corrected chi connectivity index (χ4v) is 4.08. The second-order valence-corrected chi connectivity index (χ2v) is 9.33. The minimum Gasteiger partial charge on any atom is -0.479 e. The minimum atomic E-state index is -1.87. The van der Waals surface area contributed by atoms with Crippen molar-refractivity contribution in [3.63, 3.8) is 0 Å². The van der Waals surface area contributed by atoms with E-state index in [0.29, 0.717) is 24.9 Å². The van der Waals surface area contributed by atoms with Gasteiger partial charge >= 0.3 is 5.97 Å². The van der Waals surface area contributed by atoms with Crippen LogP contribution in [0.3, 0.4) is 0 Å². The van der Waals surface area contributed by atoms with Crippen LogP contribution in [0.15, 0.2) is 30.9 Å². The van der Waals surface area contributed by atoms with E-state index in [1.807, 2.05) is 0 Å². The van der Waals surface area contributed by atoms with E-state index in [2.05, 4.69) is 11.9 Å². The smallest absolute Gasteiger partial charge is 0.335 e. The number of aliphatic carboxylic acids is 1. The molecule has 14 nitrogen and oxygen atoms in total. The number of nitrogens with one attached hydrogen (secondary N) is 1. The average molecular weight is 581 g/mol. The van der Waals surface area contributed by atoms with Crippen LogP contribution in [0.1, 0.15) is 43.7 Å². The van der Waals surface area contributed by atoms with Crippen LogP contribution in [-0.2, 0) is 46.5 Å². The van der Waals surface area contributed by atoms with Crippen molar-refractivity contribution in [2.75, 3.05) is 13.1 Å². The van der Waals surface area contributed by atoms with E-state index in [1.165, 1.54) is 6.92 Å². The number of ether oxygens (including phenoxy) is 3. The Morgan fingerprint density at radius 3 is 2.46 bits per heavy atom. The topological polar surface area (TPSA) is 209 Å². The lowest BCUT2D eigenvalue weighted by molar-refractivity contribution is -0.271. The summed E-state index contributed by atoms with van der Waals surface area (Å²) < 4.78 is 15.7.